The molecule has 0 radical (unpaired) electrons. The van der Waals surface area contributed by atoms with Crippen LogP contribution in [-0.4, -0.2) is 37.8 Å². The van der Waals surface area contributed by atoms with E-state index in [0.717, 1.165) is 17.9 Å². The van der Waals surface area contributed by atoms with Gasteiger partial charge < -0.3 is 5.11 Å². The Kier molecular flexibility index (Phi) is 2.22. The summed E-state index contributed by atoms with van der Waals surface area (Å²) in [7, 11) is 0. The van der Waals surface area contributed by atoms with E-state index >= 15 is 0 Å². The van der Waals surface area contributed by atoms with Crippen LogP contribution in [-0.2, 0) is 5.41 Å². The molecule has 2 rings (SSSR count). The zero-order chi connectivity index (χ0) is 10.2. The van der Waals surface area contributed by atoms with Crippen LogP contribution in [0.1, 0.15) is 29.8 Å². The third-order valence-electron chi connectivity index (χ3n) is 2.47. The Balaban J connectivity index is 2.28. The molecule has 0 bridgehead atoms. The van der Waals surface area contributed by atoms with Gasteiger partial charge in [0.05, 0.1) is 0 Å². The Morgan fingerprint density at radius 3 is 3.00 bits per heavy atom. The number of aromatic nitrogens is 3. The molecule has 0 saturated carbocycles. The number of aromatic carboxylic acids is 1. The first kappa shape index (κ1) is 9.51. The molecule has 6 heteroatoms. The van der Waals surface area contributed by atoms with Crippen LogP contribution in [0.5, 0.6) is 0 Å². The lowest BCUT2D eigenvalue weighted by Gasteiger charge is -2.18. The van der Waals surface area contributed by atoms with Gasteiger partial charge in [0.1, 0.15) is 5.82 Å². The van der Waals surface area contributed by atoms with Crippen molar-refractivity contribution in [3.05, 3.63) is 11.6 Å². The minimum Gasteiger partial charge on any atom is -0.475 e. The molecule has 1 unspecified atom stereocenters. The molecule has 2 N–H and O–H groups in total. The number of thioether (sulfide) groups is 1. The van der Waals surface area contributed by atoms with Gasteiger partial charge in [-0.2, -0.15) is 11.8 Å². The van der Waals surface area contributed by atoms with Crippen molar-refractivity contribution in [3.63, 3.8) is 0 Å². The number of nitrogens with zero attached hydrogens (tertiary/aromatic N) is 2. The second-order valence-electron chi connectivity index (χ2n) is 3.68. The largest absolute Gasteiger partial charge is 0.475 e. The summed E-state index contributed by atoms with van der Waals surface area (Å²) in [5.74, 6) is 1.54. The molecule has 76 valence electrons. The third kappa shape index (κ3) is 1.50. The fraction of sp³-hybridized carbons (Fsp3) is 0.625. The third-order valence-corrected chi connectivity index (χ3v) is 3.80. The van der Waals surface area contributed by atoms with Gasteiger partial charge in [-0.15, -0.1) is 5.10 Å². The number of carboxylic acid groups (broad SMARTS) is 1. The van der Waals surface area contributed by atoms with Crippen LogP contribution in [0.3, 0.4) is 0 Å². The fourth-order valence-electron chi connectivity index (χ4n) is 1.48. The molecule has 1 aromatic rings. The first-order valence-electron chi connectivity index (χ1n) is 4.36. The van der Waals surface area contributed by atoms with Crippen LogP contribution in [0.25, 0.3) is 0 Å². The van der Waals surface area contributed by atoms with E-state index in [2.05, 4.69) is 22.1 Å². The Morgan fingerprint density at radius 1 is 1.71 bits per heavy atom. The first-order valence-corrected chi connectivity index (χ1v) is 5.51. The fourth-order valence-corrected chi connectivity index (χ4v) is 2.95. The second kappa shape index (κ2) is 3.27. The predicted molar refractivity (Wildman–Crippen MR) is 52.6 cm³/mol. The smallest absolute Gasteiger partial charge is 0.375 e. The molecule has 1 saturated heterocycles. The maximum Gasteiger partial charge on any atom is 0.375 e. The summed E-state index contributed by atoms with van der Waals surface area (Å²) in [5.41, 5.74) is -0.0363. The standard InChI is InChI=1S/C8H11N3O2S/c1-8(2-3-14-4-8)7-9-5(6(12)13)10-11-7/h2-4H2,1H3,(H,12,13)(H,9,10,11). The van der Waals surface area contributed by atoms with Gasteiger partial charge in [-0.05, 0) is 12.2 Å². The number of aromatic amines is 1. The predicted octanol–water partition coefficient (Wildman–Crippen LogP) is 0.898. The van der Waals surface area contributed by atoms with E-state index in [-0.39, 0.29) is 11.2 Å². The zero-order valence-electron chi connectivity index (χ0n) is 7.78. The molecule has 14 heavy (non-hydrogen) atoms. The van der Waals surface area contributed by atoms with E-state index in [0.29, 0.717) is 5.82 Å². The number of nitrogens with one attached hydrogen (secondary N) is 1. The Bertz CT molecular complexity index is 357. The topological polar surface area (TPSA) is 78.9 Å². The Hall–Kier alpha value is -1.04. The van der Waals surface area contributed by atoms with E-state index in [1.807, 2.05) is 11.8 Å². The van der Waals surface area contributed by atoms with Crippen LogP contribution in [0, 0.1) is 0 Å². The van der Waals surface area contributed by atoms with Crippen LogP contribution in [0.4, 0.5) is 0 Å². The molecule has 5 nitrogen and oxygen atoms in total. The first-order chi connectivity index (χ1) is 6.62. The van der Waals surface area contributed by atoms with Gasteiger partial charge >= 0.3 is 5.97 Å². The van der Waals surface area contributed by atoms with E-state index in [9.17, 15) is 4.79 Å². The quantitative estimate of drug-likeness (QED) is 0.763. The lowest BCUT2D eigenvalue weighted by Crippen LogP contribution is -2.22. The molecule has 1 aromatic heterocycles. The summed E-state index contributed by atoms with van der Waals surface area (Å²) in [5, 5.41) is 15.0. The summed E-state index contributed by atoms with van der Waals surface area (Å²) >= 11 is 1.86. The second-order valence-corrected chi connectivity index (χ2v) is 4.78. The van der Waals surface area contributed by atoms with Gasteiger partial charge in [0, 0.05) is 11.2 Å². The van der Waals surface area contributed by atoms with Crippen molar-refractivity contribution in [2.45, 2.75) is 18.8 Å². The maximum absolute atomic E-state index is 10.6. The van der Waals surface area contributed by atoms with Gasteiger partial charge in [0.15, 0.2) is 0 Å². The minimum atomic E-state index is -1.08. The average Bonchev–Trinajstić information content (AvgIpc) is 2.71. The van der Waals surface area contributed by atoms with E-state index in [1.165, 1.54) is 0 Å². The van der Waals surface area contributed by atoms with Crippen molar-refractivity contribution >= 4 is 17.7 Å². The van der Waals surface area contributed by atoms with Gasteiger partial charge in [0.2, 0.25) is 0 Å². The van der Waals surface area contributed by atoms with Crippen LogP contribution < -0.4 is 0 Å². The van der Waals surface area contributed by atoms with Crippen molar-refractivity contribution in [2.24, 2.45) is 0 Å². The monoisotopic (exact) mass is 213 g/mol. The van der Waals surface area contributed by atoms with Crippen molar-refractivity contribution < 1.29 is 9.90 Å². The Morgan fingerprint density at radius 2 is 2.50 bits per heavy atom. The van der Waals surface area contributed by atoms with Crippen molar-refractivity contribution in [2.75, 3.05) is 11.5 Å². The highest BCUT2D eigenvalue weighted by Crippen LogP contribution is 2.36. The van der Waals surface area contributed by atoms with Crippen molar-refractivity contribution in [1.29, 1.82) is 0 Å². The number of rotatable bonds is 2. The molecule has 0 aromatic carbocycles. The SMILES string of the molecule is CC1(c2nc(C(=O)O)n[nH]2)CCSC1. The lowest BCUT2D eigenvalue weighted by molar-refractivity contribution is 0.0684. The van der Waals surface area contributed by atoms with Crippen molar-refractivity contribution in [1.82, 2.24) is 15.2 Å². The molecule has 0 aliphatic carbocycles. The molecular formula is C8H11N3O2S. The summed E-state index contributed by atoms with van der Waals surface area (Å²) < 4.78 is 0. The molecule has 0 spiro atoms. The van der Waals surface area contributed by atoms with Gasteiger partial charge in [-0.1, -0.05) is 6.92 Å². The van der Waals surface area contributed by atoms with E-state index < -0.39 is 5.97 Å². The average molecular weight is 213 g/mol. The van der Waals surface area contributed by atoms with Gasteiger partial charge in [-0.25, -0.2) is 9.78 Å². The molecular weight excluding hydrogens is 202 g/mol. The molecule has 0 amide bonds. The van der Waals surface area contributed by atoms with Crippen molar-refractivity contribution in [3.8, 4) is 0 Å². The molecule has 2 heterocycles. The molecule has 1 aliphatic heterocycles. The molecule has 1 aliphatic rings. The summed E-state index contributed by atoms with van der Waals surface area (Å²) in [6.45, 7) is 2.08. The number of hydrogen-bond donors (Lipinski definition) is 2. The summed E-state index contributed by atoms with van der Waals surface area (Å²) in [6, 6.07) is 0. The number of H-pyrrole nitrogens is 1. The number of carboxylic acids is 1. The van der Waals surface area contributed by atoms with Gasteiger partial charge in [-0.3, -0.25) is 5.10 Å². The Labute approximate surface area is 85.3 Å². The minimum absolute atomic E-state index is 0.0363. The maximum atomic E-state index is 10.6. The number of carbonyl (C=O) groups is 1. The van der Waals surface area contributed by atoms with E-state index in [1.54, 1.807) is 0 Å². The van der Waals surface area contributed by atoms with Crippen LogP contribution in [0.2, 0.25) is 0 Å². The molecule has 1 atom stereocenters. The van der Waals surface area contributed by atoms with Gasteiger partial charge in [0.25, 0.3) is 5.82 Å². The van der Waals surface area contributed by atoms with E-state index in [4.69, 9.17) is 5.11 Å². The normalized spacial score (nSPS) is 26.6. The highest BCUT2D eigenvalue weighted by Gasteiger charge is 2.34. The number of hydrogen-bond acceptors (Lipinski definition) is 4. The zero-order valence-corrected chi connectivity index (χ0v) is 8.60. The summed E-state index contributed by atoms with van der Waals surface area (Å²) in [4.78, 5) is 14.6. The highest BCUT2D eigenvalue weighted by molar-refractivity contribution is 7.99. The highest BCUT2D eigenvalue weighted by atomic mass is 32.2. The van der Waals surface area contributed by atoms with Crippen LogP contribution in [0.15, 0.2) is 0 Å². The van der Waals surface area contributed by atoms with Crippen LogP contribution >= 0.6 is 11.8 Å². The lowest BCUT2D eigenvalue weighted by atomic mass is 9.89. The molecule has 1 fully saturated rings. The summed E-state index contributed by atoms with van der Waals surface area (Å²) in [6.07, 6.45) is 1.02.